The highest BCUT2D eigenvalue weighted by molar-refractivity contribution is 5.89. The number of benzene rings is 1. The average Bonchev–Trinajstić information content (AvgIpc) is 2.53. The number of hydrogen-bond acceptors (Lipinski definition) is 4. The average molecular weight is 285 g/mol. The molecular weight excluding hydrogens is 262 g/mol. The highest BCUT2D eigenvalue weighted by atomic mass is 16.3. The van der Waals surface area contributed by atoms with Gasteiger partial charge in [0.05, 0.1) is 11.6 Å². The van der Waals surface area contributed by atoms with E-state index in [0.29, 0.717) is 12.5 Å². The summed E-state index contributed by atoms with van der Waals surface area (Å²) < 4.78 is 0. The Kier molecular flexibility index (Phi) is 4.34. The third-order valence-electron chi connectivity index (χ3n) is 4.16. The van der Waals surface area contributed by atoms with Crippen molar-refractivity contribution in [2.75, 3.05) is 11.9 Å². The Morgan fingerprint density at radius 1 is 1.19 bits per heavy atom. The first-order valence-electron chi connectivity index (χ1n) is 7.92. The zero-order valence-corrected chi connectivity index (χ0v) is 12.5. The molecule has 1 heterocycles. The Morgan fingerprint density at radius 3 is 2.71 bits per heavy atom. The maximum absolute atomic E-state index is 9.50. The number of nitrogens with one attached hydrogen (secondary N) is 1. The van der Waals surface area contributed by atoms with Gasteiger partial charge in [-0.3, -0.25) is 0 Å². The van der Waals surface area contributed by atoms with E-state index < -0.39 is 6.10 Å². The Bertz CT molecular complexity index is 606. The number of hydrogen-bond donors (Lipinski definition) is 2. The van der Waals surface area contributed by atoms with E-state index in [0.717, 1.165) is 22.5 Å². The maximum Gasteiger partial charge on any atom is 0.137 e. The van der Waals surface area contributed by atoms with Gasteiger partial charge in [0, 0.05) is 17.8 Å². The lowest BCUT2D eigenvalue weighted by atomic mass is 9.88. The van der Waals surface area contributed by atoms with Crippen LogP contribution in [0.4, 0.5) is 5.82 Å². The fourth-order valence-electron chi connectivity index (χ4n) is 3.02. The zero-order valence-electron chi connectivity index (χ0n) is 12.5. The molecule has 4 nitrogen and oxygen atoms in total. The van der Waals surface area contributed by atoms with Crippen LogP contribution in [-0.2, 0) is 0 Å². The molecule has 1 aromatic carbocycles. The van der Waals surface area contributed by atoms with Gasteiger partial charge in [0.15, 0.2) is 0 Å². The Hall–Kier alpha value is -1.68. The number of fused-ring (bicyclic) bond motifs is 1. The van der Waals surface area contributed by atoms with Crippen molar-refractivity contribution in [3.63, 3.8) is 0 Å². The monoisotopic (exact) mass is 285 g/mol. The van der Waals surface area contributed by atoms with Gasteiger partial charge in [-0.1, -0.05) is 31.4 Å². The minimum absolute atomic E-state index is 0.392. The molecule has 1 atom stereocenters. The number of anilines is 1. The molecule has 1 aromatic heterocycles. The van der Waals surface area contributed by atoms with Crippen molar-refractivity contribution in [3.05, 3.63) is 30.1 Å². The second kappa shape index (κ2) is 6.39. The quantitative estimate of drug-likeness (QED) is 0.903. The minimum atomic E-state index is -0.392. The third-order valence-corrected chi connectivity index (χ3v) is 4.16. The second-order valence-corrected chi connectivity index (χ2v) is 6.01. The van der Waals surface area contributed by atoms with Gasteiger partial charge >= 0.3 is 0 Å². The van der Waals surface area contributed by atoms with Crippen LogP contribution in [0.5, 0.6) is 0 Å². The van der Waals surface area contributed by atoms with Crippen molar-refractivity contribution in [2.45, 2.75) is 51.0 Å². The number of nitrogens with zero attached hydrogens (tertiary/aromatic N) is 2. The lowest BCUT2D eigenvalue weighted by Gasteiger charge is -2.21. The van der Waals surface area contributed by atoms with Gasteiger partial charge in [-0.05, 0) is 31.9 Å². The minimum Gasteiger partial charge on any atom is -0.392 e. The van der Waals surface area contributed by atoms with E-state index in [1.54, 1.807) is 6.92 Å². The van der Waals surface area contributed by atoms with Crippen molar-refractivity contribution in [1.82, 2.24) is 9.97 Å². The number of para-hydroxylation sites is 1. The van der Waals surface area contributed by atoms with Crippen LogP contribution >= 0.6 is 0 Å². The third kappa shape index (κ3) is 3.32. The van der Waals surface area contributed by atoms with Crippen molar-refractivity contribution in [1.29, 1.82) is 0 Å². The molecule has 1 unspecified atom stereocenters. The van der Waals surface area contributed by atoms with Crippen LogP contribution in [0.1, 0.15) is 50.8 Å². The molecule has 2 aromatic rings. The summed E-state index contributed by atoms with van der Waals surface area (Å²) in [6, 6.07) is 8.08. The van der Waals surface area contributed by atoms with Crippen molar-refractivity contribution < 1.29 is 5.11 Å². The van der Waals surface area contributed by atoms with Crippen LogP contribution in [0.25, 0.3) is 10.9 Å². The molecule has 112 valence electrons. The van der Waals surface area contributed by atoms with Gasteiger partial charge in [0.25, 0.3) is 0 Å². The molecule has 0 amide bonds. The molecule has 1 fully saturated rings. The van der Waals surface area contributed by atoms with E-state index in [2.05, 4.69) is 5.32 Å². The molecule has 1 aliphatic rings. The molecule has 0 spiro atoms. The van der Waals surface area contributed by atoms with Crippen LogP contribution in [0, 0.1) is 0 Å². The van der Waals surface area contributed by atoms with Crippen molar-refractivity contribution in [2.24, 2.45) is 0 Å². The normalized spacial score (nSPS) is 17.8. The predicted octanol–water partition coefficient (Wildman–Crippen LogP) is 3.47. The summed E-state index contributed by atoms with van der Waals surface area (Å²) in [7, 11) is 0. The van der Waals surface area contributed by atoms with Gasteiger partial charge in [0.2, 0.25) is 0 Å². The fraction of sp³-hybridized carbons (Fsp3) is 0.529. The largest absolute Gasteiger partial charge is 0.392 e. The predicted molar refractivity (Wildman–Crippen MR) is 85.5 cm³/mol. The number of aromatic nitrogens is 2. The summed E-state index contributed by atoms with van der Waals surface area (Å²) in [6.07, 6.45) is 5.87. The number of rotatable bonds is 4. The van der Waals surface area contributed by atoms with E-state index in [-0.39, 0.29) is 0 Å². The van der Waals surface area contributed by atoms with Crippen molar-refractivity contribution >= 4 is 16.7 Å². The van der Waals surface area contributed by atoms with Gasteiger partial charge in [-0.15, -0.1) is 0 Å². The standard InChI is InChI=1S/C17H23N3O/c1-12(21)11-18-17-14-9-5-6-10-15(14)19-16(20-17)13-7-3-2-4-8-13/h5-6,9-10,12-13,21H,2-4,7-8,11H2,1H3,(H,18,19,20). The highest BCUT2D eigenvalue weighted by Gasteiger charge is 2.20. The summed E-state index contributed by atoms with van der Waals surface area (Å²) in [5.41, 5.74) is 0.987. The summed E-state index contributed by atoms with van der Waals surface area (Å²) >= 11 is 0. The SMILES string of the molecule is CC(O)CNc1nc(C2CCCCC2)nc2ccccc12. The van der Waals surface area contributed by atoms with E-state index in [1.165, 1.54) is 32.1 Å². The molecule has 21 heavy (non-hydrogen) atoms. The van der Waals surface area contributed by atoms with Gasteiger partial charge in [0.1, 0.15) is 11.6 Å². The molecule has 0 saturated heterocycles. The Balaban J connectivity index is 1.97. The van der Waals surface area contributed by atoms with E-state index in [9.17, 15) is 5.11 Å². The topological polar surface area (TPSA) is 58.0 Å². The number of aliphatic hydroxyl groups is 1. The van der Waals surface area contributed by atoms with Gasteiger partial charge in [-0.25, -0.2) is 9.97 Å². The summed E-state index contributed by atoms with van der Waals surface area (Å²) in [5, 5.41) is 13.8. The molecule has 0 bridgehead atoms. The molecule has 2 N–H and O–H groups in total. The van der Waals surface area contributed by atoms with E-state index in [1.807, 2.05) is 24.3 Å². The fourth-order valence-corrected chi connectivity index (χ4v) is 3.02. The van der Waals surface area contributed by atoms with E-state index in [4.69, 9.17) is 9.97 Å². The first-order chi connectivity index (χ1) is 10.2. The Labute approximate surface area is 125 Å². The lowest BCUT2D eigenvalue weighted by molar-refractivity contribution is 0.208. The molecule has 3 rings (SSSR count). The molecule has 1 saturated carbocycles. The summed E-state index contributed by atoms with van der Waals surface area (Å²) in [6.45, 7) is 2.28. The molecule has 1 aliphatic carbocycles. The second-order valence-electron chi connectivity index (χ2n) is 6.01. The van der Waals surface area contributed by atoms with Gasteiger partial charge < -0.3 is 10.4 Å². The summed E-state index contributed by atoms with van der Waals surface area (Å²) in [5.74, 6) is 2.29. The zero-order chi connectivity index (χ0) is 14.7. The smallest absolute Gasteiger partial charge is 0.137 e. The van der Waals surface area contributed by atoms with Crippen LogP contribution in [-0.4, -0.2) is 27.7 Å². The van der Waals surface area contributed by atoms with E-state index >= 15 is 0 Å². The number of aliphatic hydroxyl groups excluding tert-OH is 1. The lowest BCUT2D eigenvalue weighted by Crippen LogP contribution is -2.18. The highest BCUT2D eigenvalue weighted by Crippen LogP contribution is 2.32. The molecular formula is C17H23N3O. The van der Waals surface area contributed by atoms with Crippen molar-refractivity contribution in [3.8, 4) is 0 Å². The molecule has 4 heteroatoms. The first-order valence-corrected chi connectivity index (χ1v) is 7.92. The summed E-state index contributed by atoms with van der Waals surface area (Å²) in [4.78, 5) is 9.54. The van der Waals surface area contributed by atoms with Crippen LogP contribution in [0.2, 0.25) is 0 Å². The van der Waals surface area contributed by atoms with Crippen LogP contribution in [0.3, 0.4) is 0 Å². The van der Waals surface area contributed by atoms with Crippen LogP contribution < -0.4 is 5.32 Å². The van der Waals surface area contributed by atoms with Crippen LogP contribution in [0.15, 0.2) is 24.3 Å². The maximum atomic E-state index is 9.50. The molecule has 0 aliphatic heterocycles. The Morgan fingerprint density at radius 2 is 1.95 bits per heavy atom. The molecule has 0 radical (unpaired) electrons. The van der Waals surface area contributed by atoms with Gasteiger partial charge in [-0.2, -0.15) is 0 Å². The first kappa shape index (κ1) is 14.3.